The van der Waals surface area contributed by atoms with Crippen LogP contribution in [0.2, 0.25) is 0 Å². The van der Waals surface area contributed by atoms with Gasteiger partial charge in [0.05, 0.1) is 7.11 Å². The first kappa shape index (κ1) is 13.6. The highest BCUT2D eigenvalue weighted by atomic mass is 32.2. The Hall–Kier alpha value is -1.43. The van der Waals surface area contributed by atoms with Crippen LogP contribution in [0.5, 0.6) is 0 Å². The summed E-state index contributed by atoms with van der Waals surface area (Å²) in [5, 5.41) is 3.04. The van der Waals surface area contributed by atoms with Crippen LogP contribution in [-0.2, 0) is 15.5 Å². The fourth-order valence-electron chi connectivity index (χ4n) is 1.30. The predicted octanol–water partition coefficient (Wildman–Crippen LogP) is 1.05. The molecule has 0 radical (unpaired) electrons. The second-order valence-electron chi connectivity index (χ2n) is 3.45. The summed E-state index contributed by atoms with van der Waals surface area (Å²) in [4.78, 5) is 15.5. The van der Waals surface area contributed by atoms with E-state index < -0.39 is 16.8 Å². The first-order valence-electron chi connectivity index (χ1n) is 5.22. The molecule has 1 heterocycles. The van der Waals surface area contributed by atoms with Crippen LogP contribution in [-0.4, -0.2) is 40.8 Å². The second-order valence-corrected chi connectivity index (χ2v) is 5.00. The monoisotopic (exact) mass is 256 g/mol. The van der Waals surface area contributed by atoms with E-state index >= 15 is 0 Å². The fourth-order valence-corrected chi connectivity index (χ4v) is 1.85. The van der Waals surface area contributed by atoms with Gasteiger partial charge in [-0.15, -0.1) is 0 Å². The van der Waals surface area contributed by atoms with E-state index in [-0.39, 0.29) is 0 Å². The van der Waals surface area contributed by atoms with Gasteiger partial charge >= 0.3 is 5.97 Å². The average Bonchev–Trinajstić information content (AvgIpc) is 2.34. The van der Waals surface area contributed by atoms with Gasteiger partial charge in [0, 0.05) is 35.5 Å². The highest BCUT2D eigenvalue weighted by molar-refractivity contribution is 7.84. The summed E-state index contributed by atoms with van der Waals surface area (Å²) in [6.45, 7) is 0.626. The predicted molar refractivity (Wildman–Crippen MR) is 67.6 cm³/mol. The van der Waals surface area contributed by atoms with Crippen LogP contribution in [0.3, 0.4) is 0 Å². The summed E-state index contributed by atoms with van der Waals surface area (Å²) in [6.07, 6.45) is 4.04. The van der Waals surface area contributed by atoms with Crippen LogP contribution in [0.15, 0.2) is 18.3 Å². The summed E-state index contributed by atoms with van der Waals surface area (Å²) >= 11 is 0. The molecule has 1 aromatic rings. The summed E-state index contributed by atoms with van der Waals surface area (Å²) in [7, 11) is 0.541. The minimum absolute atomic E-state index is 0.410. The smallest absolute Gasteiger partial charge is 0.341 e. The minimum atomic E-state index is -0.791. The third-order valence-corrected chi connectivity index (χ3v) is 2.98. The van der Waals surface area contributed by atoms with E-state index in [0.717, 1.165) is 6.42 Å². The van der Waals surface area contributed by atoms with Crippen molar-refractivity contribution in [2.45, 2.75) is 6.42 Å². The quantitative estimate of drug-likeness (QED) is 0.608. The number of pyridine rings is 1. The summed E-state index contributed by atoms with van der Waals surface area (Å²) in [5.74, 6) is 0.717. The molecule has 0 fully saturated rings. The lowest BCUT2D eigenvalue weighted by atomic mass is 10.2. The number of hydrogen-bond donors (Lipinski definition) is 1. The molecule has 17 heavy (non-hydrogen) atoms. The summed E-state index contributed by atoms with van der Waals surface area (Å²) < 4.78 is 15.5. The van der Waals surface area contributed by atoms with Gasteiger partial charge in [-0.1, -0.05) is 0 Å². The maximum Gasteiger partial charge on any atom is 0.341 e. The highest BCUT2D eigenvalue weighted by Gasteiger charge is 2.11. The van der Waals surface area contributed by atoms with Gasteiger partial charge in [-0.05, 0) is 18.6 Å². The molecular weight excluding hydrogens is 240 g/mol. The third-order valence-electron chi connectivity index (χ3n) is 2.11. The van der Waals surface area contributed by atoms with Crippen LogP contribution in [0.25, 0.3) is 0 Å². The van der Waals surface area contributed by atoms with Crippen LogP contribution in [0, 0.1) is 0 Å². The average molecular weight is 256 g/mol. The molecule has 1 atom stereocenters. The Morgan fingerprint density at radius 1 is 1.59 bits per heavy atom. The van der Waals surface area contributed by atoms with E-state index in [0.29, 0.717) is 23.7 Å². The number of methoxy groups -OCH3 is 1. The normalized spacial score (nSPS) is 11.9. The standard InChI is InChI=1S/C11H16N2O3S/c1-16-11(14)9-5-3-6-12-10(9)13-7-4-8-17(2)15/h3,5-6H,4,7-8H2,1-2H3,(H,12,13). The molecule has 0 aliphatic heterocycles. The topological polar surface area (TPSA) is 68.3 Å². The van der Waals surface area contributed by atoms with Crippen molar-refractivity contribution in [2.24, 2.45) is 0 Å². The largest absolute Gasteiger partial charge is 0.465 e. The molecule has 0 amide bonds. The van der Waals surface area contributed by atoms with Crippen LogP contribution in [0.1, 0.15) is 16.8 Å². The van der Waals surface area contributed by atoms with Gasteiger partial charge in [0.25, 0.3) is 0 Å². The van der Waals surface area contributed by atoms with Crippen molar-refractivity contribution in [1.82, 2.24) is 4.98 Å². The number of carbonyl (C=O) groups excluding carboxylic acids is 1. The van der Waals surface area contributed by atoms with Crippen molar-refractivity contribution < 1.29 is 13.7 Å². The minimum Gasteiger partial charge on any atom is -0.465 e. The number of rotatable bonds is 6. The van der Waals surface area contributed by atoms with Crippen LogP contribution < -0.4 is 5.32 Å². The molecular formula is C11H16N2O3S. The SMILES string of the molecule is COC(=O)c1cccnc1NCCCS(C)=O. The van der Waals surface area contributed by atoms with Crippen molar-refractivity contribution in [3.63, 3.8) is 0 Å². The lowest BCUT2D eigenvalue weighted by molar-refractivity contribution is 0.0601. The number of carbonyl (C=O) groups is 1. The van der Waals surface area contributed by atoms with E-state index in [2.05, 4.69) is 15.0 Å². The van der Waals surface area contributed by atoms with E-state index in [1.165, 1.54) is 7.11 Å². The Morgan fingerprint density at radius 2 is 2.35 bits per heavy atom. The number of nitrogens with zero attached hydrogens (tertiary/aromatic N) is 1. The highest BCUT2D eigenvalue weighted by Crippen LogP contribution is 2.12. The van der Waals surface area contributed by atoms with E-state index in [9.17, 15) is 9.00 Å². The Labute approximate surface area is 103 Å². The van der Waals surface area contributed by atoms with Crippen molar-refractivity contribution >= 4 is 22.6 Å². The van der Waals surface area contributed by atoms with Gasteiger partial charge in [0.2, 0.25) is 0 Å². The van der Waals surface area contributed by atoms with Crippen molar-refractivity contribution in [3.05, 3.63) is 23.9 Å². The summed E-state index contributed by atoms with van der Waals surface area (Å²) in [6, 6.07) is 3.33. The molecule has 1 N–H and O–H groups in total. The Balaban J connectivity index is 2.58. The van der Waals surface area contributed by atoms with Crippen molar-refractivity contribution in [1.29, 1.82) is 0 Å². The molecule has 0 saturated carbocycles. The van der Waals surface area contributed by atoms with Crippen molar-refractivity contribution in [3.8, 4) is 0 Å². The molecule has 1 rings (SSSR count). The van der Waals surface area contributed by atoms with Crippen molar-refractivity contribution in [2.75, 3.05) is 31.0 Å². The van der Waals surface area contributed by atoms with Gasteiger partial charge in [-0.2, -0.15) is 0 Å². The Morgan fingerprint density at radius 3 is 3.00 bits per heavy atom. The fraction of sp³-hybridized carbons (Fsp3) is 0.455. The zero-order chi connectivity index (χ0) is 12.7. The number of nitrogens with one attached hydrogen (secondary N) is 1. The Bertz CT molecular complexity index is 409. The molecule has 0 bridgehead atoms. The lowest BCUT2D eigenvalue weighted by Crippen LogP contribution is -2.12. The maximum absolute atomic E-state index is 11.4. The van der Waals surface area contributed by atoms with E-state index in [4.69, 9.17) is 0 Å². The van der Waals surface area contributed by atoms with Crippen LogP contribution in [0.4, 0.5) is 5.82 Å². The van der Waals surface area contributed by atoms with E-state index in [1.807, 2.05) is 0 Å². The zero-order valence-electron chi connectivity index (χ0n) is 9.93. The first-order chi connectivity index (χ1) is 8.15. The molecule has 0 spiro atoms. The number of anilines is 1. The Kier molecular flexibility index (Phi) is 5.62. The van der Waals surface area contributed by atoms with Gasteiger partial charge < -0.3 is 10.1 Å². The molecule has 0 aliphatic rings. The third kappa shape index (κ3) is 4.52. The van der Waals surface area contributed by atoms with E-state index in [1.54, 1.807) is 24.6 Å². The number of hydrogen-bond acceptors (Lipinski definition) is 5. The first-order valence-corrected chi connectivity index (χ1v) is 6.95. The van der Waals surface area contributed by atoms with Gasteiger partial charge in [-0.3, -0.25) is 4.21 Å². The molecule has 5 nitrogen and oxygen atoms in total. The summed E-state index contributed by atoms with van der Waals surface area (Å²) in [5.41, 5.74) is 0.410. The number of ether oxygens (including phenoxy) is 1. The number of aromatic nitrogens is 1. The molecule has 94 valence electrons. The molecule has 1 unspecified atom stereocenters. The lowest BCUT2D eigenvalue weighted by Gasteiger charge is -2.08. The zero-order valence-corrected chi connectivity index (χ0v) is 10.8. The van der Waals surface area contributed by atoms with Crippen LogP contribution >= 0.6 is 0 Å². The molecule has 6 heteroatoms. The van der Waals surface area contributed by atoms with Gasteiger partial charge in [0.15, 0.2) is 0 Å². The number of esters is 1. The molecule has 0 aromatic carbocycles. The maximum atomic E-state index is 11.4. The molecule has 0 saturated heterocycles. The molecule has 1 aromatic heterocycles. The molecule has 0 aliphatic carbocycles. The van der Waals surface area contributed by atoms with Gasteiger partial charge in [-0.25, -0.2) is 9.78 Å². The second kappa shape index (κ2) is 7.01. The van der Waals surface area contributed by atoms with Gasteiger partial charge in [0.1, 0.15) is 11.4 Å².